The number of benzene rings is 1. The van der Waals surface area contributed by atoms with E-state index in [1.54, 1.807) is 4.40 Å². The Kier molecular flexibility index (Phi) is 8.61. The van der Waals surface area contributed by atoms with Crippen molar-refractivity contribution in [3.63, 3.8) is 0 Å². The highest BCUT2D eigenvalue weighted by atomic mass is 79.9. The van der Waals surface area contributed by atoms with Crippen molar-refractivity contribution in [3.8, 4) is 11.4 Å². The van der Waals surface area contributed by atoms with E-state index in [-0.39, 0.29) is 5.56 Å². The quantitative estimate of drug-likeness (QED) is 0.141. The molecule has 0 saturated heterocycles. The number of carbonyl (C=O) groups is 1. The molecule has 0 amide bonds. The van der Waals surface area contributed by atoms with Crippen LogP contribution in [0.25, 0.3) is 39.2 Å². The zero-order valence-electron chi connectivity index (χ0n) is 22.7. The molecule has 0 bridgehead atoms. The second-order valence-corrected chi connectivity index (χ2v) is 10.3. The summed E-state index contributed by atoms with van der Waals surface area (Å²) in [5, 5.41) is 21.1. The third-order valence-corrected chi connectivity index (χ3v) is 6.96. The number of rotatable bonds is 9. The number of hydrogen-bond donors (Lipinski definition) is 3. The summed E-state index contributed by atoms with van der Waals surface area (Å²) < 4.78 is 41.3. The molecule has 226 valence electrons. The molecular weight excluding hydrogens is 639 g/mol. The molecule has 6 aromatic rings. The van der Waals surface area contributed by atoms with Crippen LogP contribution < -0.4 is 5.56 Å². The van der Waals surface area contributed by atoms with Crippen LogP contribution in [0.4, 0.5) is 13.2 Å². The fourth-order valence-corrected chi connectivity index (χ4v) is 4.89. The molecule has 0 fully saturated rings. The van der Waals surface area contributed by atoms with Gasteiger partial charge in [0.1, 0.15) is 5.82 Å². The Bertz CT molecular complexity index is 1950. The minimum Gasteiger partial charge on any atom is -0.475 e. The summed E-state index contributed by atoms with van der Waals surface area (Å²) >= 11 is 3.36. The lowest BCUT2D eigenvalue weighted by atomic mass is 10.1. The third kappa shape index (κ3) is 6.45. The Balaban J connectivity index is 0.000000472. The van der Waals surface area contributed by atoms with E-state index in [1.807, 2.05) is 35.0 Å². The normalized spacial score (nSPS) is 11.8. The molecule has 0 atom stereocenters. The molecule has 6 rings (SSSR count). The van der Waals surface area contributed by atoms with E-state index in [1.165, 1.54) is 0 Å². The average Bonchev–Trinajstić information content (AvgIpc) is 3.76. The highest BCUT2D eigenvalue weighted by molar-refractivity contribution is 9.10. The van der Waals surface area contributed by atoms with Gasteiger partial charge in [-0.3, -0.25) is 9.36 Å². The molecule has 0 unspecified atom stereocenters. The van der Waals surface area contributed by atoms with Crippen molar-refractivity contribution in [1.29, 1.82) is 0 Å². The summed E-state index contributed by atoms with van der Waals surface area (Å²) in [6, 6.07) is 8.01. The number of unbranched alkanes of at least 4 members (excludes halogenated alkanes) is 2. The van der Waals surface area contributed by atoms with Crippen molar-refractivity contribution in [3.05, 3.63) is 57.3 Å². The standard InChI is InChI=1S/C24H24BrN9O2.C2HF3O2/c1-2-3-4-12-33-21-19(28-23(25)29-21)22(35)34-17(30-31-24(33)34)6-5-7-18-27-20(32-36-18)15-8-9-16-14(13-15)10-11-26-16;3-2(4,5)1(6)7/h8-11,13,26H,2-7,12H2,1H3,(H,28,29);(H,6,7). The second-order valence-electron chi connectivity index (χ2n) is 9.59. The van der Waals surface area contributed by atoms with E-state index in [0.717, 1.165) is 35.7 Å². The number of aryl methyl sites for hydroxylation is 3. The first kappa shape index (κ1) is 29.9. The number of aromatic nitrogens is 9. The fraction of sp³-hybridized carbons (Fsp3) is 0.346. The maximum atomic E-state index is 13.3. The van der Waals surface area contributed by atoms with Crippen LogP contribution in [-0.2, 0) is 24.2 Å². The van der Waals surface area contributed by atoms with Gasteiger partial charge in [0, 0.05) is 42.0 Å². The summed E-state index contributed by atoms with van der Waals surface area (Å²) in [7, 11) is 0. The van der Waals surface area contributed by atoms with Gasteiger partial charge in [-0.25, -0.2) is 14.2 Å². The van der Waals surface area contributed by atoms with Crippen molar-refractivity contribution in [1.82, 2.24) is 44.3 Å². The van der Waals surface area contributed by atoms with Crippen molar-refractivity contribution in [2.24, 2.45) is 0 Å². The molecule has 0 aliphatic rings. The number of hydrogen-bond acceptors (Lipinski definition) is 8. The molecule has 0 spiro atoms. The third-order valence-electron chi connectivity index (χ3n) is 6.58. The van der Waals surface area contributed by atoms with Crippen LogP contribution in [0.1, 0.15) is 44.3 Å². The molecular formula is C26H25BrF3N9O4. The van der Waals surface area contributed by atoms with E-state index >= 15 is 0 Å². The average molecular weight is 664 g/mol. The van der Waals surface area contributed by atoms with Crippen LogP contribution in [-0.4, -0.2) is 61.5 Å². The van der Waals surface area contributed by atoms with Gasteiger partial charge in [-0.15, -0.1) is 10.2 Å². The molecule has 43 heavy (non-hydrogen) atoms. The zero-order chi connectivity index (χ0) is 30.7. The Morgan fingerprint density at radius 3 is 2.65 bits per heavy atom. The van der Waals surface area contributed by atoms with Crippen LogP contribution in [0.3, 0.4) is 0 Å². The smallest absolute Gasteiger partial charge is 0.475 e. The van der Waals surface area contributed by atoms with Gasteiger partial charge in [0.25, 0.3) is 5.56 Å². The number of fused-ring (bicyclic) bond motifs is 3. The van der Waals surface area contributed by atoms with Gasteiger partial charge in [0.15, 0.2) is 15.9 Å². The summed E-state index contributed by atoms with van der Waals surface area (Å²) in [6.07, 6.45) is 1.75. The Hall–Kier alpha value is -4.54. The minimum absolute atomic E-state index is 0.204. The first-order chi connectivity index (χ1) is 20.6. The predicted octanol–water partition coefficient (Wildman–Crippen LogP) is 5.06. The molecule has 0 aliphatic carbocycles. The number of nitrogens with one attached hydrogen (secondary N) is 2. The van der Waals surface area contributed by atoms with Gasteiger partial charge in [0.05, 0.1) is 0 Å². The van der Waals surface area contributed by atoms with Crippen LogP contribution in [0.2, 0.25) is 0 Å². The zero-order valence-corrected chi connectivity index (χ0v) is 24.2. The number of carboxylic acid groups (broad SMARTS) is 1. The van der Waals surface area contributed by atoms with Crippen molar-refractivity contribution >= 4 is 49.7 Å². The van der Waals surface area contributed by atoms with Crippen LogP contribution in [0.5, 0.6) is 0 Å². The molecule has 1 aromatic carbocycles. The van der Waals surface area contributed by atoms with Gasteiger partial charge in [0.2, 0.25) is 17.5 Å². The number of imidazole rings is 1. The first-order valence-electron chi connectivity index (χ1n) is 13.3. The van der Waals surface area contributed by atoms with E-state index in [9.17, 15) is 18.0 Å². The lowest BCUT2D eigenvalue weighted by Gasteiger charge is -2.09. The van der Waals surface area contributed by atoms with Gasteiger partial charge in [-0.1, -0.05) is 24.9 Å². The number of alkyl halides is 3. The molecule has 5 aromatic heterocycles. The van der Waals surface area contributed by atoms with Crippen LogP contribution in [0, 0.1) is 0 Å². The molecule has 13 nitrogen and oxygen atoms in total. The minimum atomic E-state index is -5.08. The highest BCUT2D eigenvalue weighted by Gasteiger charge is 2.38. The van der Waals surface area contributed by atoms with E-state index in [2.05, 4.69) is 58.1 Å². The summed E-state index contributed by atoms with van der Waals surface area (Å²) in [5.41, 5.74) is 2.79. The van der Waals surface area contributed by atoms with Crippen molar-refractivity contribution in [2.45, 2.75) is 58.2 Å². The van der Waals surface area contributed by atoms with Crippen molar-refractivity contribution < 1.29 is 27.6 Å². The van der Waals surface area contributed by atoms with Gasteiger partial charge in [-0.05, 0) is 53.0 Å². The number of aromatic amines is 2. The maximum absolute atomic E-state index is 13.3. The lowest BCUT2D eigenvalue weighted by Crippen LogP contribution is -2.21. The molecule has 3 N–H and O–H groups in total. The van der Waals surface area contributed by atoms with Crippen LogP contribution in [0.15, 0.2) is 44.5 Å². The topological polar surface area (TPSA) is 173 Å². The predicted molar refractivity (Wildman–Crippen MR) is 151 cm³/mol. The lowest BCUT2D eigenvalue weighted by molar-refractivity contribution is -0.192. The Labute approximate surface area is 248 Å². The molecule has 0 aliphatic heterocycles. The monoisotopic (exact) mass is 663 g/mol. The van der Waals surface area contributed by atoms with E-state index in [0.29, 0.717) is 65.0 Å². The van der Waals surface area contributed by atoms with Crippen LogP contribution >= 0.6 is 15.9 Å². The number of carboxylic acids is 1. The summed E-state index contributed by atoms with van der Waals surface area (Å²) in [5.74, 6) is -0.539. The SMILES string of the molecule is CCCCCn1c2nc(Br)[nH]c2c(=O)n2c(CCCc3nc(-c4ccc5[nH]ccc5c4)no3)nnc12.O=C(O)C(F)(F)F. The van der Waals surface area contributed by atoms with Gasteiger partial charge >= 0.3 is 12.1 Å². The highest BCUT2D eigenvalue weighted by Crippen LogP contribution is 2.22. The van der Waals surface area contributed by atoms with Crippen molar-refractivity contribution in [2.75, 3.05) is 0 Å². The number of halogens is 4. The maximum Gasteiger partial charge on any atom is 0.490 e. The number of H-pyrrole nitrogens is 2. The van der Waals surface area contributed by atoms with Gasteiger partial charge in [-0.2, -0.15) is 18.2 Å². The largest absolute Gasteiger partial charge is 0.490 e. The van der Waals surface area contributed by atoms with E-state index in [4.69, 9.17) is 14.4 Å². The first-order valence-corrected chi connectivity index (χ1v) is 14.1. The fourth-order valence-electron chi connectivity index (χ4n) is 4.53. The molecule has 0 saturated carbocycles. The number of aliphatic carboxylic acids is 1. The molecule has 0 radical (unpaired) electrons. The molecule has 5 heterocycles. The second kappa shape index (κ2) is 12.4. The Morgan fingerprint density at radius 2 is 1.91 bits per heavy atom. The van der Waals surface area contributed by atoms with E-state index < -0.39 is 12.1 Å². The summed E-state index contributed by atoms with van der Waals surface area (Å²) in [4.78, 5) is 37.4. The number of nitrogens with zero attached hydrogens (tertiary/aromatic N) is 7. The Morgan fingerprint density at radius 1 is 1.12 bits per heavy atom. The molecule has 17 heteroatoms. The van der Waals surface area contributed by atoms with Gasteiger partial charge < -0.3 is 19.6 Å². The summed E-state index contributed by atoms with van der Waals surface area (Å²) in [6.45, 7) is 2.87.